The number of halogens is 4. The third kappa shape index (κ3) is 3.85. The van der Waals surface area contributed by atoms with Crippen LogP contribution in [0.5, 0.6) is 0 Å². The molecular weight excluding hydrogens is 423 g/mol. The molecule has 0 saturated heterocycles. The fourth-order valence-electron chi connectivity index (χ4n) is 2.47. The summed E-state index contributed by atoms with van der Waals surface area (Å²) in [6, 6.07) is 6.83. The van der Waals surface area contributed by atoms with E-state index in [-0.39, 0.29) is 27.3 Å². The standard InChI is InChI=1S/C14H5ClF3NOS.C3H6O2S/c15-9-5-7(14(16,17)18)1-2-10(9)19-12-8-3-6(8)4-11(12)21-13(19)20;1-5-3(4)2-6/h1-5H;6H,2H2,1H3. The number of nitrogens with zero attached hydrogens (tertiary/aromatic N) is 1. The van der Waals surface area contributed by atoms with E-state index >= 15 is 0 Å². The molecule has 10 heteroatoms. The number of methoxy groups -OCH3 is 1. The van der Waals surface area contributed by atoms with Gasteiger partial charge in [0, 0.05) is 5.56 Å². The fourth-order valence-corrected chi connectivity index (χ4v) is 3.82. The quantitative estimate of drug-likeness (QED) is 0.365. The Morgan fingerprint density at radius 1 is 1.30 bits per heavy atom. The third-order valence-corrected chi connectivity index (χ3v) is 5.23. The number of hydrogen-bond acceptors (Lipinski definition) is 5. The van der Waals surface area contributed by atoms with Gasteiger partial charge in [0.15, 0.2) is 0 Å². The first kappa shape index (κ1) is 19.8. The molecule has 0 radical (unpaired) electrons. The van der Waals surface area contributed by atoms with Crippen LogP contribution in [0.3, 0.4) is 0 Å². The highest BCUT2D eigenvalue weighted by molar-refractivity contribution is 7.81. The number of benzene rings is 2. The van der Waals surface area contributed by atoms with Gasteiger partial charge < -0.3 is 4.74 Å². The molecule has 0 spiro atoms. The lowest BCUT2D eigenvalue weighted by Gasteiger charge is -2.10. The highest BCUT2D eigenvalue weighted by atomic mass is 35.5. The lowest BCUT2D eigenvalue weighted by molar-refractivity contribution is -0.138. The molecule has 0 N–H and O–H groups in total. The number of esters is 1. The van der Waals surface area contributed by atoms with Crippen LogP contribution in [0.1, 0.15) is 5.56 Å². The minimum Gasteiger partial charge on any atom is -0.468 e. The molecule has 4 nitrogen and oxygen atoms in total. The molecule has 142 valence electrons. The average Bonchev–Trinajstić information content (AvgIpc) is 3.17. The normalized spacial score (nSPS) is 11.8. The number of thiazole rings is 1. The first-order valence-electron chi connectivity index (χ1n) is 7.42. The Bertz CT molecular complexity index is 1100. The Balaban J connectivity index is 0.000000307. The van der Waals surface area contributed by atoms with Crippen LogP contribution in [0.15, 0.2) is 35.1 Å². The van der Waals surface area contributed by atoms with E-state index < -0.39 is 11.7 Å². The van der Waals surface area contributed by atoms with Crippen LogP contribution in [-0.4, -0.2) is 23.4 Å². The topological polar surface area (TPSA) is 48.3 Å². The molecule has 0 amide bonds. The maximum Gasteiger partial charge on any atom is 0.416 e. The van der Waals surface area contributed by atoms with Crippen molar-refractivity contribution in [2.45, 2.75) is 6.18 Å². The van der Waals surface area contributed by atoms with Gasteiger partial charge in [-0.15, -0.1) is 0 Å². The maximum absolute atomic E-state index is 12.7. The summed E-state index contributed by atoms with van der Waals surface area (Å²) >= 11 is 10.7. The van der Waals surface area contributed by atoms with Crippen molar-refractivity contribution in [2.75, 3.05) is 12.9 Å². The molecule has 4 rings (SSSR count). The second-order valence-electron chi connectivity index (χ2n) is 5.47. The summed E-state index contributed by atoms with van der Waals surface area (Å²) in [5.74, 6) is -0.130. The zero-order valence-corrected chi connectivity index (χ0v) is 16.1. The van der Waals surface area contributed by atoms with Crippen molar-refractivity contribution < 1.29 is 22.7 Å². The average molecular weight is 434 g/mol. The summed E-state index contributed by atoms with van der Waals surface area (Å²) in [7, 11) is 1.33. The predicted molar refractivity (Wildman–Crippen MR) is 102 cm³/mol. The minimum atomic E-state index is -4.46. The van der Waals surface area contributed by atoms with E-state index in [0.717, 1.165) is 44.8 Å². The maximum atomic E-state index is 12.7. The molecule has 1 heterocycles. The Kier molecular flexibility index (Phi) is 5.29. The number of ether oxygens (including phenoxy) is 1. The fraction of sp³-hybridized carbons (Fsp3) is 0.176. The van der Waals surface area contributed by atoms with Crippen molar-refractivity contribution in [1.29, 1.82) is 0 Å². The molecule has 1 aromatic carbocycles. The molecule has 2 aliphatic carbocycles. The van der Waals surface area contributed by atoms with Gasteiger partial charge in [-0.25, -0.2) is 0 Å². The van der Waals surface area contributed by atoms with Crippen molar-refractivity contribution in [1.82, 2.24) is 4.57 Å². The summed E-state index contributed by atoms with van der Waals surface area (Å²) in [5.41, 5.74) is 2.18. The number of hydrogen-bond donors (Lipinski definition) is 1. The lowest BCUT2D eigenvalue weighted by Crippen LogP contribution is -2.12. The molecule has 2 aliphatic rings. The Morgan fingerprint density at radius 3 is 2.52 bits per heavy atom. The van der Waals surface area contributed by atoms with Crippen LogP contribution in [0.4, 0.5) is 13.2 Å². The molecule has 0 atom stereocenters. The summed E-state index contributed by atoms with van der Waals surface area (Å²) in [5, 5.41) is -0.0952. The minimum absolute atomic E-state index is 0.0952. The number of carbonyl (C=O) groups is 1. The molecular formula is C17H11ClF3NO3S2. The van der Waals surface area contributed by atoms with Gasteiger partial charge in [-0.05, 0) is 35.9 Å². The number of carbonyl (C=O) groups excluding carboxylic acids is 1. The molecule has 2 aromatic rings. The van der Waals surface area contributed by atoms with Crippen LogP contribution < -0.4 is 4.87 Å². The highest BCUT2D eigenvalue weighted by Crippen LogP contribution is 2.45. The van der Waals surface area contributed by atoms with Gasteiger partial charge >= 0.3 is 17.0 Å². The molecule has 0 bridgehead atoms. The van der Waals surface area contributed by atoms with E-state index in [0.29, 0.717) is 0 Å². The van der Waals surface area contributed by atoms with E-state index in [9.17, 15) is 22.8 Å². The Morgan fingerprint density at radius 2 is 2.00 bits per heavy atom. The van der Waals surface area contributed by atoms with Crippen LogP contribution >= 0.6 is 35.6 Å². The van der Waals surface area contributed by atoms with Gasteiger partial charge in [0.25, 0.3) is 0 Å². The first-order chi connectivity index (χ1) is 12.7. The SMILES string of the molecule is COC(=O)CS.O=c1sc2cc3cc-3c2n1-c1ccc(C(F)(F)F)cc1Cl. The number of thiol groups is 1. The van der Waals surface area contributed by atoms with Gasteiger partial charge in [-0.3, -0.25) is 14.2 Å². The van der Waals surface area contributed by atoms with E-state index in [2.05, 4.69) is 17.4 Å². The Labute approximate surface area is 165 Å². The van der Waals surface area contributed by atoms with Crippen molar-refractivity contribution >= 4 is 51.8 Å². The largest absolute Gasteiger partial charge is 0.468 e. The van der Waals surface area contributed by atoms with E-state index in [1.165, 1.54) is 17.7 Å². The van der Waals surface area contributed by atoms with Gasteiger partial charge in [0.2, 0.25) is 0 Å². The number of aromatic nitrogens is 1. The smallest absolute Gasteiger partial charge is 0.416 e. The first-order valence-corrected chi connectivity index (χ1v) is 9.25. The van der Waals surface area contributed by atoms with Crippen LogP contribution in [0, 0.1) is 0 Å². The number of rotatable bonds is 2. The van der Waals surface area contributed by atoms with Gasteiger partial charge in [0.1, 0.15) is 0 Å². The van der Waals surface area contributed by atoms with Crippen LogP contribution in [0.2, 0.25) is 5.02 Å². The second kappa shape index (κ2) is 7.21. The van der Waals surface area contributed by atoms with E-state index in [4.69, 9.17) is 11.6 Å². The molecule has 0 aliphatic heterocycles. The van der Waals surface area contributed by atoms with E-state index in [1.54, 1.807) is 0 Å². The monoisotopic (exact) mass is 433 g/mol. The lowest BCUT2D eigenvalue weighted by atomic mass is 10.2. The molecule has 0 saturated carbocycles. The summed E-state index contributed by atoms with van der Waals surface area (Å²) < 4.78 is 44.4. The highest BCUT2D eigenvalue weighted by Gasteiger charge is 2.31. The second-order valence-corrected chi connectivity index (χ2v) is 7.19. The van der Waals surface area contributed by atoms with Crippen LogP contribution in [-0.2, 0) is 15.7 Å². The summed E-state index contributed by atoms with van der Waals surface area (Å²) in [6.07, 6.45) is -4.46. The third-order valence-electron chi connectivity index (χ3n) is 3.78. The zero-order valence-electron chi connectivity index (χ0n) is 13.6. The van der Waals surface area contributed by atoms with Gasteiger partial charge in [-0.2, -0.15) is 25.8 Å². The molecule has 0 fully saturated rings. The molecule has 1 aromatic heterocycles. The van der Waals surface area contributed by atoms with Crippen LogP contribution in [0.25, 0.3) is 27.0 Å². The van der Waals surface area contributed by atoms with Crippen molar-refractivity contribution in [3.05, 3.63) is 50.6 Å². The summed E-state index contributed by atoms with van der Waals surface area (Å²) in [4.78, 5) is 21.7. The molecule has 0 unspecified atom stereocenters. The van der Waals surface area contributed by atoms with Crippen molar-refractivity contribution in [3.63, 3.8) is 0 Å². The molecule has 27 heavy (non-hydrogen) atoms. The van der Waals surface area contributed by atoms with Crippen molar-refractivity contribution in [2.24, 2.45) is 0 Å². The zero-order chi connectivity index (χ0) is 19.9. The predicted octanol–water partition coefficient (Wildman–Crippen LogP) is 4.79. The Hall–Kier alpha value is -1.97. The number of fused-ring (bicyclic) bond motifs is 3. The van der Waals surface area contributed by atoms with Gasteiger partial charge in [-0.1, -0.05) is 22.9 Å². The van der Waals surface area contributed by atoms with Crippen molar-refractivity contribution in [3.8, 4) is 16.8 Å². The van der Waals surface area contributed by atoms with E-state index in [1.807, 2.05) is 12.1 Å². The number of alkyl halides is 3. The summed E-state index contributed by atoms with van der Waals surface area (Å²) in [6.45, 7) is 0. The van der Waals surface area contributed by atoms with Gasteiger partial charge in [0.05, 0.1) is 39.4 Å².